The molecule has 0 aliphatic carbocycles. The van der Waals surface area contributed by atoms with Crippen molar-refractivity contribution >= 4 is 17.9 Å². The van der Waals surface area contributed by atoms with E-state index in [4.69, 9.17) is 13.9 Å². The molecule has 3 aromatic rings. The van der Waals surface area contributed by atoms with Gasteiger partial charge >= 0.3 is 5.91 Å². The summed E-state index contributed by atoms with van der Waals surface area (Å²) in [7, 11) is 0. The van der Waals surface area contributed by atoms with Crippen LogP contribution in [0.2, 0.25) is 0 Å². The smallest absolute Gasteiger partial charge is 0.305 e. The van der Waals surface area contributed by atoms with E-state index in [0.29, 0.717) is 22.8 Å². The third-order valence-corrected chi connectivity index (χ3v) is 4.22. The summed E-state index contributed by atoms with van der Waals surface area (Å²) in [5, 5.41) is 0. The zero-order valence-electron chi connectivity index (χ0n) is 15.4. The van der Waals surface area contributed by atoms with Crippen LogP contribution >= 0.6 is 0 Å². The Balaban J connectivity index is 1.30. The summed E-state index contributed by atoms with van der Waals surface area (Å²) >= 11 is 0. The largest absolute Gasteiger partial charge is 0.488 e. The number of ether oxygens (including phenoxy) is 2. The molecule has 0 fully saturated rings. The van der Waals surface area contributed by atoms with Gasteiger partial charge in [0, 0.05) is 5.56 Å². The number of carbonyl (C=O) groups is 2. The molecule has 29 heavy (non-hydrogen) atoms. The maximum Gasteiger partial charge on any atom is 0.305 e. The van der Waals surface area contributed by atoms with Gasteiger partial charge in [-0.1, -0.05) is 36.4 Å². The number of hydrogen-bond donors (Lipinski definition) is 2. The highest BCUT2D eigenvalue weighted by atomic mass is 16.5. The lowest BCUT2D eigenvalue weighted by atomic mass is 10.1. The summed E-state index contributed by atoms with van der Waals surface area (Å²) in [5.41, 5.74) is 5.92. The number of furan rings is 1. The molecular weight excluding hydrogens is 372 g/mol. The van der Waals surface area contributed by atoms with Crippen molar-refractivity contribution < 1.29 is 23.5 Å². The Labute approximate surface area is 166 Å². The topological polar surface area (TPSA) is 89.8 Å². The molecule has 2 heterocycles. The lowest BCUT2D eigenvalue weighted by Crippen LogP contribution is -2.43. The Morgan fingerprint density at radius 1 is 0.897 bits per heavy atom. The number of benzene rings is 2. The monoisotopic (exact) mass is 390 g/mol. The van der Waals surface area contributed by atoms with E-state index in [2.05, 4.69) is 10.9 Å². The fraction of sp³-hybridized carbons (Fsp3) is 0.0909. The van der Waals surface area contributed by atoms with Crippen molar-refractivity contribution in [3.05, 3.63) is 89.4 Å². The van der Waals surface area contributed by atoms with Crippen LogP contribution in [0.3, 0.4) is 0 Å². The molecule has 4 rings (SSSR count). The van der Waals surface area contributed by atoms with E-state index in [1.54, 1.807) is 12.1 Å². The van der Waals surface area contributed by atoms with Crippen LogP contribution in [0.15, 0.2) is 76.7 Å². The third kappa shape index (κ3) is 4.47. The first-order valence-corrected chi connectivity index (χ1v) is 8.99. The maximum absolute atomic E-state index is 12.3. The van der Waals surface area contributed by atoms with Crippen LogP contribution < -0.4 is 20.3 Å². The van der Waals surface area contributed by atoms with Crippen LogP contribution in [0, 0.1) is 0 Å². The van der Waals surface area contributed by atoms with Crippen LogP contribution in [0.1, 0.15) is 21.9 Å². The van der Waals surface area contributed by atoms with E-state index in [9.17, 15) is 9.59 Å². The van der Waals surface area contributed by atoms with Gasteiger partial charge in [0.2, 0.25) is 0 Å². The standard InChI is InChI=1S/C22H18N2O5/c25-21(16-12-15-6-4-5-9-19(15)28-13-16)23-24-22(26)20-11-10-18(29-20)14-27-17-7-2-1-3-8-17/h1-12H,13-14H2,(H,23,25)(H,24,26). The Kier molecular flexibility index (Phi) is 5.29. The fourth-order valence-corrected chi connectivity index (χ4v) is 2.75. The van der Waals surface area contributed by atoms with Crippen LogP contribution in [0.5, 0.6) is 11.5 Å². The van der Waals surface area contributed by atoms with Crippen molar-refractivity contribution in [3.63, 3.8) is 0 Å². The molecule has 0 spiro atoms. The minimum atomic E-state index is -0.568. The molecule has 0 saturated heterocycles. The number of hydrogen-bond acceptors (Lipinski definition) is 5. The second kappa shape index (κ2) is 8.35. The second-order valence-corrected chi connectivity index (χ2v) is 6.27. The first-order valence-electron chi connectivity index (χ1n) is 8.99. The molecule has 0 radical (unpaired) electrons. The van der Waals surface area contributed by atoms with E-state index in [0.717, 1.165) is 5.56 Å². The second-order valence-electron chi connectivity index (χ2n) is 6.27. The number of rotatable bonds is 5. The molecule has 146 valence electrons. The molecule has 0 atom stereocenters. The summed E-state index contributed by atoms with van der Waals surface area (Å²) in [4.78, 5) is 24.5. The Morgan fingerprint density at radius 2 is 1.66 bits per heavy atom. The summed E-state index contributed by atoms with van der Waals surface area (Å²) in [6.45, 7) is 0.313. The van der Waals surface area contributed by atoms with Crippen LogP contribution in [-0.4, -0.2) is 18.4 Å². The van der Waals surface area contributed by atoms with Gasteiger partial charge in [-0.2, -0.15) is 0 Å². The maximum atomic E-state index is 12.3. The highest BCUT2D eigenvalue weighted by molar-refractivity contribution is 6.01. The van der Waals surface area contributed by atoms with Gasteiger partial charge < -0.3 is 13.9 Å². The zero-order chi connectivity index (χ0) is 20.1. The molecule has 2 aromatic carbocycles. The van der Waals surface area contributed by atoms with Crippen molar-refractivity contribution in [2.45, 2.75) is 6.61 Å². The zero-order valence-corrected chi connectivity index (χ0v) is 15.4. The van der Waals surface area contributed by atoms with Gasteiger partial charge in [-0.15, -0.1) is 0 Å². The predicted molar refractivity (Wildman–Crippen MR) is 105 cm³/mol. The normalized spacial score (nSPS) is 12.2. The summed E-state index contributed by atoms with van der Waals surface area (Å²) in [6, 6.07) is 19.8. The van der Waals surface area contributed by atoms with E-state index < -0.39 is 11.8 Å². The van der Waals surface area contributed by atoms with Crippen molar-refractivity contribution in [1.82, 2.24) is 10.9 Å². The number of hydrazine groups is 1. The number of fused-ring (bicyclic) bond motifs is 1. The van der Waals surface area contributed by atoms with E-state index in [-0.39, 0.29) is 19.0 Å². The molecule has 2 amide bonds. The third-order valence-electron chi connectivity index (χ3n) is 4.22. The molecule has 7 heteroatoms. The molecule has 7 nitrogen and oxygen atoms in total. The number of nitrogens with one attached hydrogen (secondary N) is 2. The molecule has 2 N–H and O–H groups in total. The lowest BCUT2D eigenvalue weighted by Gasteiger charge is -2.17. The lowest BCUT2D eigenvalue weighted by molar-refractivity contribution is -0.118. The quantitative estimate of drug-likeness (QED) is 0.654. The average molecular weight is 390 g/mol. The summed E-state index contributed by atoms with van der Waals surface area (Å²) in [6.07, 6.45) is 1.73. The Bertz CT molecular complexity index is 1060. The molecule has 0 saturated carbocycles. The minimum absolute atomic E-state index is 0.0659. The van der Waals surface area contributed by atoms with Crippen LogP contribution in [0.4, 0.5) is 0 Å². The highest BCUT2D eigenvalue weighted by Crippen LogP contribution is 2.25. The molecule has 0 bridgehead atoms. The number of amides is 2. The van der Waals surface area contributed by atoms with E-state index >= 15 is 0 Å². The highest BCUT2D eigenvalue weighted by Gasteiger charge is 2.18. The van der Waals surface area contributed by atoms with Gasteiger partial charge in [0.1, 0.15) is 30.5 Å². The van der Waals surface area contributed by atoms with Gasteiger partial charge in [0.05, 0.1) is 5.57 Å². The van der Waals surface area contributed by atoms with Gasteiger partial charge in [-0.3, -0.25) is 20.4 Å². The Hall–Kier alpha value is -4.00. The molecule has 0 unspecified atom stereocenters. The number of carbonyl (C=O) groups excluding carboxylic acids is 2. The van der Waals surface area contributed by atoms with Gasteiger partial charge in [-0.05, 0) is 36.4 Å². The van der Waals surface area contributed by atoms with Crippen molar-refractivity contribution in [3.8, 4) is 11.5 Å². The molecule has 1 aliphatic heterocycles. The van der Waals surface area contributed by atoms with Crippen LogP contribution in [0.25, 0.3) is 6.08 Å². The molecular formula is C22H18N2O5. The van der Waals surface area contributed by atoms with E-state index in [1.807, 2.05) is 54.6 Å². The average Bonchev–Trinajstić information content (AvgIpc) is 3.25. The van der Waals surface area contributed by atoms with Crippen molar-refractivity contribution in [1.29, 1.82) is 0 Å². The molecule has 1 aliphatic rings. The fourth-order valence-electron chi connectivity index (χ4n) is 2.75. The van der Waals surface area contributed by atoms with Gasteiger partial charge in [-0.25, -0.2) is 0 Å². The SMILES string of the molecule is O=C(NNC(=O)c1ccc(COc2ccccc2)o1)C1=Cc2ccccc2OC1. The minimum Gasteiger partial charge on any atom is -0.488 e. The Morgan fingerprint density at radius 3 is 2.52 bits per heavy atom. The van der Waals surface area contributed by atoms with Gasteiger partial charge in [0.25, 0.3) is 5.91 Å². The first kappa shape index (κ1) is 18.4. The van der Waals surface area contributed by atoms with Crippen LogP contribution in [-0.2, 0) is 11.4 Å². The summed E-state index contributed by atoms with van der Waals surface area (Å²) < 4.78 is 16.6. The number of para-hydroxylation sites is 2. The summed E-state index contributed by atoms with van der Waals surface area (Å²) in [5.74, 6) is 0.955. The van der Waals surface area contributed by atoms with Crippen molar-refractivity contribution in [2.24, 2.45) is 0 Å². The van der Waals surface area contributed by atoms with Gasteiger partial charge in [0.15, 0.2) is 5.76 Å². The van der Waals surface area contributed by atoms with Crippen molar-refractivity contribution in [2.75, 3.05) is 6.61 Å². The first-order chi connectivity index (χ1) is 14.2. The predicted octanol–water partition coefficient (Wildman–Crippen LogP) is 3.10. The molecule has 1 aromatic heterocycles. The van der Waals surface area contributed by atoms with E-state index in [1.165, 1.54) is 6.07 Å².